The number of fused-ring (bicyclic) bond motifs is 1. The van der Waals surface area contributed by atoms with Gasteiger partial charge in [0.25, 0.3) is 5.91 Å². The summed E-state index contributed by atoms with van der Waals surface area (Å²) in [6, 6.07) is 11.8. The van der Waals surface area contributed by atoms with Crippen LogP contribution < -0.4 is 5.32 Å². The molecule has 1 fully saturated rings. The maximum atomic E-state index is 12.6. The maximum absolute atomic E-state index is 12.6. The summed E-state index contributed by atoms with van der Waals surface area (Å²) in [6.07, 6.45) is 3.37. The van der Waals surface area contributed by atoms with Gasteiger partial charge in [0.1, 0.15) is 5.69 Å². The van der Waals surface area contributed by atoms with Crippen LogP contribution in [0.2, 0.25) is 0 Å². The monoisotopic (exact) mass is 353 g/mol. The van der Waals surface area contributed by atoms with Crippen LogP contribution in [0, 0.1) is 0 Å². The van der Waals surface area contributed by atoms with Crippen molar-refractivity contribution >= 4 is 28.3 Å². The van der Waals surface area contributed by atoms with Gasteiger partial charge >= 0.3 is 0 Å². The van der Waals surface area contributed by atoms with Gasteiger partial charge in [0.05, 0.1) is 17.2 Å². The molecule has 0 aliphatic carbocycles. The van der Waals surface area contributed by atoms with E-state index in [1.165, 1.54) is 4.88 Å². The van der Waals surface area contributed by atoms with Gasteiger partial charge in [0.2, 0.25) is 0 Å². The molecule has 0 bridgehead atoms. The quantitative estimate of drug-likeness (QED) is 0.782. The summed E-state index contributed by atoms with van der Waals surface area (Å²) in [4.78, 5) is 22.7. The zero-order valence-corrected chi connectivity index (χ0v) is 14.6. The van der Waals surface area contributed by atoms with Crippen molar-refractivity contribution in [2.24, 2.45) is 0 Å². The molecule has 4 rings (SSSR count). The molecule has 3 aromatic rings. The molecule has 0 spiro atoms. The predicted octanol–water partition coefficient (Wildman–Crippen LogP) is 3.17. The van der Waals surface area contributed by atoms with Crippen molar-refractivity contribution in [3.8, 4) is 0 Å². The average Bonchev–Trinajstić information content (AvgIpc) is 3.22. The standard InChI is InChI=1S/C19H19N3O2S/c23-18(16-12-20-14-4-1-2-5-15(14)22-16)21-13-19(7-9-24-10-8-19)17-6-3-11-25-17/h1-6,11-12H,7-10,13H2,(H,21,23). The number of hydrogen-bond acceptors (Lipinski definition) is 5. The van der Waals surface area contributed by atoms with Crippen LogP contribution in [0.1, 0.15) is 28.2 Å². The third-order valence-corrected chi connectivity index (χ3v) is 5.88. The lowest BCUT2D eigenvalue weighted by Crippen LogP contribution is -2.44. The largest absolute Gasteiger partial charge is 0.381 e. The second-order valence-corrected chi connectivity index (χ2v) is 7.24. The molecule has 5 nitrogen and oxygen atoms in total. The Kier molecular flexibility index (Phi) is 4.46. The number of benzene rings is 1. The SMILES string of the molecule is O=C(NCC1(c2cccs2)CCOCC1)c1cnc2ccccc2n1. The number of ether oxygens (including phenoxy) is 1. The van der Waals surface area contributed by atoms with Gasteiger partial charge in [-0.25, -0.2) is 4.98 Å². The number of amides is 1. The van der Waals surface area contributed by atoms with E-state index in [1.807, 2.05) is 24.3 Å². The minimum absolute atomic E-state index is 0.0493. The van der Waals surface area contributed by atoms with Crippen molar-refractivity contribution in [2.45, 2.75) is 18.3 Å². The number of nitrogens with one attached hydrogen (secondary N) is 1. The van der Waals surface area contributed by atoms with Crippen LogP contribution in [0.5, 0.6) is 0 Å². The molecule has 3 heterocycles. The number of carbonyl (C=O) groups excluding carboxylic acids is 1. The summed E-state index contributed by atoms with van der Waals surface area (Å²) in [7, 11) is 0. The highest BCUT2D eigenvalue weighted by Crippen LogP contribution is 2.37. The molecule has 0 radical (unpaired) electrons. The highest BCUT2D eigenvalue weighted by Gasteiger charge is 2.35. The third kappa shape index (κ3) is 3.27. The van der Waals surface area contributed by atoms with E-state index < -0.39 is 0 Å². The van der Waals surface area contributed by atoms with Crippen LogP contribution >= 0.6 is 11.3 Å². The van der Waals surface area contributed by atoms with Gasteiger partial charge in [-0.1, -0.05) is 18.2 Å². The molecule has 6 heteroatoms. The molecule has 0 atom stereocenters. The molecule has 25 heavy (non-hydrogen) atoms. The van der Waals surface area contributed by atoms with E-state index in [9.17, 15) is 4.79 Å². The molecule has 0 unspecified atom stereocenters. The molecule has 1 aliphatic heterocycles. The minimum atomic E-state index is -0.180. The Labute approximate surface area is 150 Å². The fraction of sp³-hybridized carbons (Fsp3) is 0.316. The summed E-state index contributed by atoms with van der Waals surface area (Å²) < 4.78 is 5.53. The summed E-state index contributed by atoms with van der Waals surface area (Å²) in [6.45, 7) is 2.04. The molecule has 1 saturated heterocycles. The van der Waals surface area contributed by atoms with Crippen molar-refractivity contribution < 1.29 is 9.53 Å². The maximum Gasteiger partial charge on any atom is 0.271 e. The third-order valence-electron chi connectivity index (χ3n) is 4.76. The normalized spacial score (nSPS) is 16.6. The molecule has 1 amide bonds. The summed E-state index contributed by atoms with van der Waals surface area (Å²) in [5.41, 5.74) is 1.83. The Morgan fingerprint density at radius 1 is 1.16 bits per heavy atom. The van der Waals surface area contributed by atoms with Crippen LogP contribution in [0.3, 0.4) is 0 Å². The van der Waals surface area contributed by atoms with Gasteiger partial charge in [0.15, 0.2) is 0 Å². The first-order valence-corrected chi connectivity index (χ1v) is 9.27. The van der Waals surface area contributed by atoms with Crippen LogP contribution in [0.25, 0.3) is 11.0 Å². The molecule has 1 aliphatic rings. The molecule has 1 aromatic carbocycles. The number of rotatable bonds is 4. The predicted molar refractivity (Wildman–Crippen MR) is 97.9 cm³/mol. The average molecular weight is 353 g/mol. The van der Waals surface area contributed by atoms with E-state index in [1.54, 1.807) is 17.5 Å². The zero-order valence-electron chi connectivity index (χ0n) is 13.8. The minimum Gasteiger partial charge on any atom is -0.381 e. The number of aromatic nitrogens is 2. The fourth-order valence-corrected chi connectivity index (χ4v) is 4.25. The van der Waals surface area contributed by atoms with Crippen molar-refractivity contribution in [1.29, 1.82) is 0 Å². The lowest BCUT2D eigenvalue weighted by Gasteiger charge is -2.36. The molecular formula is C19H19N3O2S. The fourth-order valence-electron chi connectivity index (χ4n) is 3.26. The molecule has 128 valence electrons. The highest BCUT2D eigenvalue weighted by atomic mass is 32.1. The Morgan fingerprint density at radius 2 is 1.96 bits per heavy atom. The van der Waals surface area contributed by atoms with E-state index in [0.717, 1.165) is 37.1 Å². The summed E-state index contributed by atoms with van der Waals surface area (Å²) in [5, 5.41) is 5.16. The second-order valence-electron chi connectivity index (χ2n) is 6.30. The van der Waals surface area contributed by atoms with Gasteiger partial charge in [-0.2, -0.15) is 0 Å². The molecule has 1 N–H and O–H groups in total. The molecule has 2 aromatic heterocycles. The number of para-hydroxylation sites is 2. The lowest BCUT2D eigenvalue weighted by molar-refractivity contribution is 0.0498. The van der Waals surface area contributed by atoms with Crippen molar-refractivity contribution in [3.05, 3.63) is 58.5 Å². The van der Waals surface area contributed by atoms with Crippen molar-refractivity contribution in [1.82, 2.24) is 15.3 Å². The van der Waals surface area contributed by atoms with E-state index in [0.29, 0.717) is 12.2 Å². The van der Waals surface area contributed by atoms with E-state index in [-0.39, 0.29) is 11.3 Å². The van der Waals surface area contributed by atoms with Gasteiger partial charge in [-0.05, 0) is 36.4 Å². The summed E-state index contributed by atoms with van der Waals surface area (Å²) in [5.74, 6) is -0.180. The van der Waals surface area contributed by atoms with Gasteiger partial charge in [-0.3, -0.25) is 9.78 Å². The first-order valence-electron chi connectivity index (χ1n) is 8.39. The Balaban J connectivity index is 1.53. The van der Waals surface area contributed by atoms with Crippen LogP contribution in [0.4, 0.5) is 0 Å². The molecule has 0 saturated carbocycles. The summed E-state index contributed by atoms with van der Waals surface area (Å²) >= 11 is 1.74. The number of thiophene rings is 1. The first kappa shape index (κ1) is 16.2. The Morgan fingerprint density at radius 3 is 2.72 bits per heavy atom. The Bertz CT molecular complexity index is 873. The van der Waals surface area contributed by atoms with Crippen LogP contribution in [-0.4, -0.2) is 35.6 Å². The second kappa shape index (κ2) is 6.90. The number of carbonyl (C=O) groups is 1. The van der Waals surface area contributed by atoms with Gasteiger partial charge < -0.3 is 10.1 Å². The molecular weight excluding hydrogens is 334 g/mol. The van der Waals surface area contributed by atoms with Crippen molar-refractivity contribution in [3.63, 3.8) is 0 Å². The van der Waals surface area contributed by atoms with Gasteiger partial charge in [-0.15, -0.1) is 11.3 Å². The zero-order chi connectivity index (χ0) is 17.1. The van der Waals surface area contributed by atoms with Crippen LogP contribution in [-0.2, 0) is 10.2 Å². The van der Waals surface area contributed by atoms with Gasteiger partial charge in [0, 0.05) is 30.1 Å². The van der Waals surface area contributed by atoms with E-state index >= 15 is 0 Å². The highest BCUT2D eigenvalue weighted by molar-refractivity contribution is 7.10. The lowest BCUT2D eigenvalue weighted by atomic mass is 9.78. The van der Waals surface area contributed by atoms with Crippen molar-refractivity contribution in [2.75, 3.05) is 19.8 Å². The van der Waals surface area contributed by atoms with E-state index in [4.69, 9.17) is 4.74 Å². The van der Waals surface area contributed by atoms with E-state index in [2.05, 4.69) is 32.8 Å². The first-order chi connectivity index (χ1) is 12.3. The Hall–Kier alpha value is -2.31. The topological polar surface area (TPSA) is 64.1 Å². The number of nitrogens with zero attached hydrogens (tertiary/aromatic N) is 2. The smallest absolute Gasteiger partial charge is 0.271 e. The number of hydrogen-bond donors (Lipinski definition) is 1. The van der Waals surface area contributed by atoms with Crippen LogP contribution in [0.15, 0.2) is 48.0 Å².